The highest BCUT2D eigenvalue weighted by molar-refractivity contribution is 9.10. The quantitative estimate of drug-likeness (QED) is 0.839. The van der Waals surface area contributed by atoms with E-state index >= 15 is 0 Å². The van der Waals surface area contributed by atoms with Crippen molar-refractivity contribution >= 4 is 27.7 Å². The monoisotopic (exact) mass is 229 g/mol. The zero-order chi connectivity index (χ0) is 8.97. The van der Waals surface area contributed by atoms with E-state index in [9.17, 15) is 4.79 Å². The van der Waals surface area contributed by atoms with Gasteiger partial charge in [0.1, 0.15) is 4.60 Å². The van der Waals surface area contributed by atoms with Gasteiger partial charge in [0.05, 0.1) is 12.4 Å². The topological polar surface area (TPSA) is 54.9 Å². The van der Waals surface area contributed by atoms with Crippen molar-refractivity contribution in [3.05, 3.63) is 17.0 Å². The molecule has 64 valence electrons. The molecule has 5 heteroatoms. The number of nitrogens with one attached hydrogen (secondary N) is 1. The summed E-state index contributed by atoms with van der Waals surface area (Å²) in [6.07, 6.45) is 3.47. The number of anilines is 1. The van der Waals surface area contributed by atoms with Gasteiger partial charge in [0, 0.05) is 6.42 Å². The summed E-state index contributed by atoms with van der Waals surface area (Å²) >= 11 is 3.14. The Kier molecular flexibility index (Phi) is 3.16. The Balaban J connectivity index is 2.64. The molecule has 1 N–H and O–H groups in total. The molecule has 0 saturated heterocycles. The molecule has 1 aromatic heterocycles. The Morgan fingerprint density at radius 2 is 2.33 bits per heavy atom. The number of carbonyl (C=O) groups excluding carboxylic acids is 1. The normalized spacial score (nSPS) is 9.50. The number of hydrogen-bond acceptors (Lipinski definition) is 3. The van der Waals surface area contributed by atoms with Gasteiger partial charge in [0.25, 0.3) is 0 Å². The van der Waals surface area contributed by atoms with E-state index in [1.807, 2.05) is 0 Å². The van der Waals surface area contributed by atoms with E-state index < -0.39 is 0 Å². The maximum absolute atomic E-state index is 10.9. The van der Waals surface area contributed by atoms with Gasteiger partial charge < -0.3 is 5.32 Å². The van der Waals surface area contributed by atoms with Gasteiger partial charge in [-0.25, -0.2) is 9.97 Å². The van der Waals surface area contributed by atoms with Gasteiger partial charge in [0.15, 0.2) is 5.82 Å². The van der Waals surface area contributed by atoms with Crippen LogP contribution in [-0.4, -0.2) is 15.9 Å². The molecule has 0 aliphatic rings. The minimum atomic E-state index is -0.0633. The van der Waals surface area contributed by atoms with E-state index in [0.29, 0.717) is 16.8 Å². The zero-order valence-electron chi connectivity index (χ0n) is 6.54. The number of aromatic nitrogens is 2. The molecular formula is C7H8BrN3O. The molecule has 0 unspecified atom stereocenters. The lowest BCUT2D eigenvalue weighted by molar-refractivity contribution is -0.115. The molecule has 12 heavy (non-hydrogen) atoms. The molecule has 1 rings (SSSR count). The first-order chi connectivity index (χ1) is 5.72. The van der Waals surface area contributed by atoms with Gasteiger partial charge in [-0.1, -0.05) is 6.92 Å². The SMILES string of the molecule is CCC(=O)Nc1cnc(Br)cn1. The molecule has 0 aromatic carbocycles. The molecule has 0 fully saturated rings. The summed E-state index contributed by atoms with van der Waals surface area (Å²) in [5.41, 5.74) is 0. The Labute approximate surface area is 78.5 Å². The average molecular weight is 230 g/mol. The van der Waals surface area contributed by atoms with Crippen LogP contribution in [0.25, 0.3) is 0 Å². The number of carbonyl (C=O) groups is 1. The van der Waals surface area contributed by atoms with Gasteiger partial charge >= 0.3 is 0 Å². The minimum absolute atomic E-state index is 0.0633. The van der Waals surface area contributed by atoms with Crippen molar-refractivity contribution < 1.29 is 4.79 Å². The molecule has 0 bridgehead atoms. The highest BCUT2D eigenvalue weighted by atomic mass is 79.9. The fourth-order valence-corrected chi connectivity index (χ4v) is 0.813. The van der Waals surface area contributed by atoms with Crippen LogP contribution in [-0.2, 0) is 4.79 Å². The molecule has 0 saturated carbocycles. The summed E-state index contributed by atoms with van der Waals surface area (Å²) in [5, 5.41) is 2.59. The molecule has 1 amide bonds. The molecule has 0 aliphatic carbocycles. The highest BCUT2D eigenvalue weighted by Gasteiger charge is 1.99. The maximum Gasteiger partial charge on any atom is 0.225 e. The molecule has 4 nitrogen and oxygen atoms in total. The van der Waals surface area contributed by atoms with E-state index in [1.165, 1.54) is 12.4 Å². The largest absolute Gasteiger partial charge is 0.309 e. The summed E-state index contributed by atoms with van der Waals surface area (Å²) in [6, 6.07) is 0. The predicted octanol–water partition coefficient (Wildman–Crippen LogP) is 1.59. The Bertz CT molecular complexity index is 272. The number of nitrogens with zero attached hydrogens (tertiary/aromatic N) is 2. The molecule has 1 aromatic rings. The van der Waals surface area contributed by atoms with Crippen LogP contribution in [0.4, 0.5) is 5.82 Å². The van der Waals surface area contributed by atoms with Crippen molar-refractivity contribution in [2.45, 2.75) is 13.3 Å². The van der Waals surface area contributed by atoms with Crippen LogP contribution in [0.1, 0.15) is 13.3 Å². The van der Waals surface area contributed by atoms with Crippen LogP contribution >= 0.6 is 15.9 Å². The Hall–Kier alpha value is -0.970. The molecule has 0 spiro atoms. The first-order valence-electron chi connectivity index (χ1n) is 3.49. The van der Waals surface area contributed by atoms with Gasteiger partial charge in [-0.3, -0.25) is 4.79 Å². The minimum Gasteiger partial charge on any atom is -0.309 e. The Morgan fingerprint density at radius 3 is 2.83 bits per heavy atom. The number of rotatable bonds is 2. The standard InChI is InChI=1S/C7H8BrN3O/c1-2-7(12)11-6-4-9-5(8)3-10-6/h3-4H,2H2,1H3,(H,10,11,12). The van der Waals surface area contributed by atoms with Crippen molar-refractivity contribution in [1.82, 2.24) is 9.97 Å². The lowest BCUT2D eigenvalue weighted by atomic mass is 10.4. The first kappa shape index (κ1) is 9.12. The van der Waals surface area contributed by atoms with Crippen LogP contribution < -0.4 is 5.32 Å². The maximum atomic E-state index is 10.9. The van der Waals surface area contributed by atoms with Gasteiger partial charge in [-0.2, -0.15) is 0 Å². The lowest BCUT2D eigenvalue weighted by Gasteiger charge is -2.00. The third kappa shape index (κ3) is 2.58. The van der Waals surface area contributed by atoms with E-state index in [1.54, 1.807) is 6.92 Å². The summed E-state index contributed by atoms with van der Waals surface area (Å²) in [4.78, 5) is 18.7. The second kappa shape index (κ2) is 4.15. The van der Waals surface area contributed by atoms with Crippen LogP contribution in [0.3, 0.4) is 0 Å². The third-order valence-corrected chi connectivity index (χ3v) is 1.62. The van der Waals surface area contributed by atoms with Crippen LogP contribution in [0.5, 0.6) is 0 Å². The molecular weight excluding hydrogens is 222 g/mol. The molecule has 0 radical (unpaired) electrons. The van der Waals surface area contributed by atoms with E-state index in [2.05, 4.69) is 31.2 Å². The lowest BCUT2D eigenvalue weighted by Crippen LogP contribution is -2.10. The number of amides is 1. The number of hydrogen-bond donors (Lipinski definition) is 1. The fourth-order valence-electron chi connectivity index (χ4n) is 0.608. The highest BCUT2D eigenvalue weighted by Crippen LogP contribution is 2.05. The van der Waals surface area contributed by atoms with Gasteiger partial charge in [-0.05, 0) is 15.9 Å². The Morgan fingerprint density at radius 1 is 1.58 bits per heavy atom. The van der Waals surface area contributed by atoms with Crippen molar-refractivity contribution in [1.29, 1.82) is 0 Å². The van der Waals surface area contributed by atoms with Crippen LogP contribution in [0.2, 0.25) is 0 Å². The third-order valence-electron chi connectivity index (χ3n) is 1.21. The van der Waals surface area contributed by atoms with Gasteiger partial charge in [0.2, 0.25) is 5.91 Å². The van der Waals surface area contributed by atoms with E-state index in [4.69, 9.17) is 0 Å². The average Bonchev–Trinajstić information content (AvgIpc) is 2.09. The fraction of sp³-hybridized carbons (Fsp3) is 0.286. The smallest absolute Gasteiger partial charge is 0.225 e. The second-order valence-corrected chi connectivity index (χ2v) is 2.94. The molecule has 1 heterocycles. The van der Waals surface area contributed by atoms with E-state index in [0.717, 1.165) is 0 Å². The summed E-state index contributed by atoms with van der Waals surface area (Å²) in [7, 11) is 0. The van der Waals surface area contributed by atoms with E-state index in [-0.39, 0.29) is 5.91 Å². The van der Waals surface area contributed by atoms with Crippen molar-refractivity contribution in [2.24, 2.45) is 0 Å². The van der Waals surface area contributed by atoms with Gasteiger partial charge in [-0.15, -0.1) is 0 Å². The summed E-state index contributed by atoms with van der Waals surface area (Å²) in [6.45, 7) is 1.78. The summed E-state index contributed by atoms with van der Waals surface area (Å²) < 4.78 is 0.650. The molecule has 0 aliphatic heterocycles. The zero-order valence-corrected chi connectivity index (χ0v) is 8.13. The van der Waals surface area contributed by atoms with Crippen molar-refractivity contribution in [2.75, 3.05) is 5.32 Å². The summed E-state index contributed by atoms with van der Waals surface area (Å²) in [5.74, 6) is 0.414. The predicted molar refractivity (Wildman–Crippen MR) is 48.7 cm³/mol. The number of halogens is 1. The molecule has 0 atom stereocenters. The van der Waals surface area contributed by atoms with Crippen LogP contribution in [0.15, 0.2) is 17.0 Å². The van der Waals surface area contributed by atoms with Crippen LogP contribution in [0, 0.1) is 0 Å². The second-order valence-electron chi connectivity index (χ2n) is 2.13. The first-order valence-corrected chi connectivity index (χ1v) is 4.29. The van der Waals surface area contributed by atoms with Crippen molar-refractivity contribution in [3.63, 3.8) is 0 Å². The van der Waals surface area contributed by atoms with Crippen molar-refractivity contribution in [3.8, 4) is 0 Å².